The summed E-state index contributed by atoms with van der Waals surface area (Å²) in [6, 6.07) is 2.00. The van der Waals surface area contributed by atoms with E-state index in [9.17, 15) is 17.6 Å². The van der Waals surface area contributed by atoms with Gasteiger partial charge in [0.05, 0.1) is 5.92 Å². The first-order valence-corrected chi connectivity index (χ1v) is 3.59. The van der Waals surface area contributed by atoms with E-state index >= 15 is 0 Å². The lowest BCUT2D eigenvalue weighted by atomic mass is 10.0. The lowest BCUT2D eigenvalue weighted by Gasteiger charge is -2.14. The summed E-state index contributed by atoms with van der Waals surface area (Å²) in [6.07, 6.45) is -3.41. The summed E-state index contributed by atoms with van der Waals surface area (Å²) in [5.74, 6) is -2.39. The van der Waals surface area contributed by atoms with Gasteiger partial charge in [-0.3, -0.25) is 0 Å². The van der Waals surface area contributed by atoms with Crippen LogP contribution in [0.2, 0.25) is 0 Å². The molecule has 1 rings (SSSR count). The minimum Gasteiger partial charge on any atom is -0.228 e. The Morgan fingerprint density at radius 2 is 1.92 bits per heavy atom. The van der Waals surface area contributed by atoms with Crippen molar-refractivity contribution in [3.8, 4) is 0 Å². The van der Waals surface area contributed by atoms with E-state index in [0.717, 1.165) is 25.3 Å². The Morgan fingerprint density at radius 3 is 2.31 bits per heavy atom. The summed E-state index contributed by atoms with van der Waals surface area (Å²) in [5.41, 5.74) is -0.0334. The van der Waals surface area contributed by atoms with E-state index in [1.165, 1.54) is 0 Å². The van der Waals surface area contributed by atoms with Gasteiger partial charge in [-0.05, 0) is 18.6 Å². The summed E-state index contributed by atoms with van der Waals surface area (Å²) >= 11 is 0. The molecule has 1 aromatic rings. The van der Waals surface area contributed by atoms with Gasteiger partial charge in [0, 0.05) is 6.20 Å². The number of halogens is 4. The van der Waals surface area contributed by atoms with Gasteiger partial charge in [0.25, 0.3) is 0 Å². The quantitative estimate of drug-likeness (QED) is 0.493. The summed E-state index contributed by atoms with van der Waals surface area (Å²) in [5, 5.41) is 0. The molecule has 1 unspecified atom stereocenters. The van der Waals surface area contributed by atoms with E-state index in [1.807, 2.05) is 0 Å². The van der Waals surface area contributed by atoms with Crippen LogP contribution in [0.4, 0.5) is 17.6 Å². The molecule has 13 heavy (non-hydrogen) atoms. The predicted molar refractivity (Wildman–Crippen MR) is 38.7 cm³/mol. The third-order valence-electron chi connectivity index (χ3n) is 1.74. The van der Waals surface area contributed by atoms with Crippen molar-refractivity contribution in [1.29, 1.82) is 0 Å². The molecule has 0 aliphatic carbocycles. The number of rotatable bonds is 1. The maximum atomic E-state index is 12.3. The first kappa shape index (κ1) is 9.95. The van der Waals surface area contributed by atoms with Crippen LogP contribution in [-0.2, 0) is 0 Å². The first-order valence-electron chi connectivity index (χ1n) is 3.59. The predicted octanol–water partition coefficient (Wildman–Crippen LogP) is 2.89. The molecule has 0 N–H and O–H groups in total. The van der Waals surface area contributed by atoms with Crippen molar-refractivity contribution in [2.24, 2.45) is 0 Å². The van der Waals surface area contributed by atoms with Crippen LogP contribution in [0.3, 0.4) is 0 Å². The molecule has 5 heteroatoms. The van der Waals surface area contributed by atoms with Crippen molar-refractivity contribution in [2.75, 3.05) is 0 Å². The van der Waals surface area contributed by atoms with Crippen LogP contribution in [0.1, 0.15) is 18.4 Å². The Morgan fingerprint density at radius 1 is 1.31 bits per heavy atom. The second-order valence-electron chi connectivity index (χ2n) is 2.68. The van der Waals surface area contributed by atoms with Gasteiger partial charge in [-0.15, -0.1) is 0 Å². The van der Waals surface area contributed by atoms with Crippen LogP contribution >= 0.6 is 0 Å². The summed E-state index contributed by atoms with van der Waals surface area (Å²) < 4.78 is 48.6. The van der Waals surface area contributed by atoms with Gasteiger partial charge in [0.15, 0.2) is 0 Å². The number of nitrogens with zero attached hydrogens (tertiary/aromatic N) is 1. The minimum absolute atomic E-state index is 0.0334. The molecule has 1 heterocycles. The van der Waals surface area contributed by atoms with Gasteiger partial charge < -0.3 is 0 Å². The van der Waals surface area contributed by atoms with Crippen molar-refractivity contribution in [3.63, 3.8) is 0 Å². The maximum Gasteiger partial charge on any atom is 0.395 e. The molecular formula is C8H7F4N. The fraction of sp³-hybridized carbons (Fsp3) is 0.375. The van der Waals surface area contributed by atoms with Gasteiger partial charge >= 0.3 is 6.18 Å². The number of hydrogen-bond donors (Lipinski definition) is 0. The number of pyridine rings is 1. The average molecular weight is 193 g/mol. The van der Waals surface area contributed by atoms with Crippen LogP contribution in [0.25, 0.3) is 0 Å². The topological polar surface area (TPSA) is 12.9 Å². The summed E-state index contributed by atoms with van der Waals surface area (Å²) in [6.45, 7) is 1.01. The van der Waals surface area contributed by atoms with E-state index < -0.39 is 18.0 Å². The molecule has 0 amide bonds. The second-order valence-corrected chi connectivity index (χ2v) is 2.68. The van der Waals surface area contributed by atoms with Crippen molar-refractivity contribution < 1.29 is 17.6 Å². The Bertz CT molecular complexity index is 277. The molecule has 0 aliphatic heterocycles. The molecule has 72 valence electrons. The van der Waals surface area contributed by atoms with Crippen LogP contribution in [-0.4, -0.2) is 11.2 Å². The van der Waals surface area contributed by atoms with Gasteiger partial charge in [-0.1, -0.05) is 6.07 Å². The van der Waals surface area contributed by atoms with Crippen LogP contribution in [0.15, 0.2) is 18.3 Å². The molecule has 0 saturated heterocycles. The third kappa shape index (κ3) is 2.40. The fourth-order valence-corrected chi connectivity index (χ4v) is 0.832. The smallest absolute Gasteiger partial charge is 0.228 e. The standard InChI is InChI=1S/C8H7F4N/c1-5(8(10,11)12)6-2-3-7(9)13-4-6/h2-5H,1H3. The lowest BCUT2D eigenvalue weighted by Crippen LogP contribution is -2.17. The third-order valence-corrected chi connectivity index (χ3v) is 1.74. The molecule has 0 fully saturated rings. The first-order chi connectivity index (χ1) is 5.91. The number of alkyl halides is 3. The molecule has 1 nitrogen and oxygen atoms in total. The zero-order valence-corrected chi connectivity index (χ0v) is 6.77. The summed E-state index contributed by atoms with van der Waals surface area (Å²) in [7, 11) is 0. The summed E-state index contributed by atoms with van der Waals surface area (Å²) in [4.78, 5) is 3.15. The Labute approximate surface area is 72.4 Å². The van der Waals surface area contributed by atoms with Crippen molar-refractivity contribution >= 4 is 0 Å². The number of hydrogen-bond acceptors (Lipinski definition) is 1. The molecule has 0 spiro atoms. The molecule has 1 aromatic heterocycles. The zero-order valence-electron chi connectivity index (χ0n) is 6.77. The SMILES string of the molecule is CC(c1ccc(F)nc1)C(F)(F)F. The second kappa shape index (κ2) is 3.32. The fourth-order valence-electron chi connectivity index (χ4n) is 0.832. The highest BCUT2D eigenvalue weighted by atomic mass is 19.4. The highest BCUT2D eigenvalue weighted by molar-refractivity contribution is 5.15. The van der Waals surface area contributed by atoms with Crippen molar-refractivity contribution in [2.45, 2.75) is 19.0 Å². The van der Waals surface area contributed by atoms with E-state index in [4.69, 9.17) is 0 Å². The normalized spacial score (nSPS) is 14.2. The van der Waals surface area contributed by atoms with Crippen LogP contribution < -0.4 is 0 Å². The molecule has 0 aliphatic rings. The Balaban J connectivity index is 2.90. The molecule has 0 saturated carbocycles. The molecule has 0 radical (unpaired) electrons. The molecule has 0 aromatic carbocycles. The van der Waals surface area contributed by atoms with Crippen molar-refractivity contribution in [3.05, 3.63) is 29.8 Å². The van der Waals surface area contributed by atoms with Gasteiger partial charge in [-0.2, -0.15) is 17.6 Å². The zero-order chi connectivity index (χ0) is 10.1. The monoisotopic (exact) mass is 193 g/mol. The van der Waals surface area contributed by atoms with Crippen LogP contribution in [0.5, 0.6) is 0 Å². The van der Waals surface area contributed by atoms with E-state index in [2.05, 4.69) is 4.98 Å². The van der Waals surface area contributed by atoms with Crippen LogP contribution in [0, 0.1) is 5.95 Å². The van der Waals surface area contributed by atoms with E-state index in [-0.39, 0.29) is 5.56 Å². The van der Waals surface area contributed by atoms with Gasteiger partial charge in [-0.25, -0.2) is 4.98 Å². The van der Waals surface area contributed by atoms with E-state index in [0.29, 0.717) is 0 Å². The van der Waals surface area contributed by atoms with Gasteiger partial charge in [0.2, 0.25) is 5.95 Å². The van der Waals surface area contributed by atoms with E-state index in [1.54, 1.807) is 0 Å². The number of aromatic nitrogens is 1. The minimum atomic E-state index is -4.31. The average Bonchev–Trinajstić information content (AvgIpc) is 2.03. The molecular weight excluding hydrogens is 186 g/mol. The Hall–Kier alpha value is -1.13. The van der Waals surface area contributed by atoms with Gasteiger partial charge in [0.1, 0.15) is 0 Å². The maximum absolute atomic E-state index is 12.3. The highest BCUT2D eigenvalue weighted by Crippen LogP contribution is 2.33. The highest BCUT2D eigenvalue weighted by Gasteiger charge is 2.37. The Kier molecular flexibility index (Phi) is 2.54. The largest absolute Gasteiger partial charge is 0.395 e. The van der Waals surface area contributed by atoms with Crippen molar-refractivity contribution in [1.82, 2.24) is 4.98 Å². The molecule has 0 bridgehead atoms. The lowest BCUT2D eigenvalue weighted by molar-refractivity contribution is -0.146. The molecule has 1 atom stereocenters.